The van der Waals surface area contributed by atoms with E-state index in [1.807, 2.05) is 48.7 Å². The van der Waals surface area contributed by atoms with E-state index in [9.17, 15) is 4.79 Å². The summed E-state index contributed by atoms with van der Waals surface area (Å²) in [5.41, 5.74) is 1.62. The Bertz CT molecular complexity index is 1080. The Balaban J connectivity index is 1.63. The first-order chi connectivity index (χ1) is 13.6. The van der Waals surface area contributed by atoms with Gasteiger partial charge >= 0.3 is 0 Å². The maximum Gasteiger partial charge on any atom is 0.264 e. The first-order valence-corrected chi connectivity index (χ1v) is 10.5. The molecule has 3 aromatic heterocycles. The van der Waals surface area contributed by atoms with Crippen LogP contribution in [0.4, 0.5) is 0 Å². The maximum atomic E-state index is 13.1. The van der Waals surface area contributed by atoms with Gasteiger partial charge in [0.25, 0.3) is 5.91 Å². The van der Waals surface area contributed by atoms with Crippen molar-refractivity contribution in [3.8, 4) is 10.8 Å². The number of thiazole rings is 1. The molecular weight excluding hydrogens is 412 g/mol. The van der Waals surface area contributed by atoms with Crippen molar-refractivity contribution >= 4 is 40.2 Å². The predicted molar refractivity (Wildman–Crippen MR) is 113 cm³/mol. The SMILES string of the molecule is Cc1nc(-c2ncccn2)sc1C(=O)N[C@@H](c1ccc(Cl)cc1)c1cccs1. The Kier molecular flexibility index (Phi) is 5.47. The summed E-state index contributed by atoms with van der Waals surface area (Å²) >= 11 is 8.91. The molecule has 1 amide bonds. The summed E-state index contributed by atoms with van der Waals surface area (Å²) in [4.78, 5) is 27.6. The smallest absolute Gasteiger partial charge is 0.264 e. The van der Waals surface area contributed by atoms with Crippen LogP contribution in [0.2, 0.25) is 5.02 Å². The largest absolute Gasteiger partial charge is 0.340 e. The standard InChI is InChI=1S/C20H15ClN4OS2/c1-12-17(28-20(24-12)18-22-9-3-10-23-18)19(26)25-16(15-4-2-11-27-15)13-5-7-14(21)8-6-13/h2-11,16H,1H3,(H,25,26)/t16-/m0/s1. The minimum absolute atomic E-state index is 0.175. The van der Waals surface area contributed by atoms with E-state index in [2.05, 4.69) is 20.3 Å². The van der Waals surface area contributed by atoms with Crippen LogP contribution >= 0.6 is 34.3 Å². The second-order valence-corrected chi connectivity index (χ2v) is 8.39. The average Bonchev–Trinajstić information content (AvgIpc) is 3.37. The number of hydrogen-bond acceptors (Lipinski definition) is 6. The summed E-state index contributed by atoms with van der Waals surface area (Å²) in [5, 5.41) is 6.41. The van der Waals surface area contributed by atoms with Crippen LogP contribution < -0.4 is 5.32 Å². The molecule has 0 saturated carbocycles. The first-order valence-electron chi connectivity index (χ1n) is 8.46. The van der Waals surface area contributed by atoms with Crippen molar-refractivity contribution in [1.82, 2.24) is 20.3 Å². The highest BCUT2D eigenvalue weighted by atomic mass is 35.5. The molecule has 3 heterocycles. The Morgan fingerprint density at radius 3 is 2.54 bits per heavy atom. The number of aryl methyl sites for hydroxylation is 1. The molecule has 4 rings (SSSR count). The van der Waals surface area contributed by atoms with E-state index in [0.29, 0.717) is 26.4 Å². The van der Waals surface area contributed by atoms with Crippen molar-refractivity contribution in [2.75, 3.05) is 0 Å². The monoisotopic (exact) mass is 426 g/mol. The summed E-state index contributed by atoms with van der Waals surface area (Å²) < 4.78 is 0. The van der Waals surface area contributed by atoms with Crippen LogP contribution in [-0.2, 0) is 0 Å². The molecule has 5 nitrogen and oxygen atoms in total. The minimum atomic E-state index is -0.261. The van der Waals surface area contributed by atoms with Crippen LogP contribution in [0.15, 0.2) is 60.2 Å². The number of aromatic nitrogens is 3. The van der Waals surface area contributed by atoms with Gasteiger partial charge in [-0.05, 0) is 42.1 Å². The van der Waals surface area contributed by atoms with E-state index in [4.69, 9.17) is 11.6 Å². The van der Waals surface area contributed by atoms with Crippen molar-refractivity contribution in [3.05, 3.63) is 86.3 Å². The van der Waals surface area contributed by atoms with Gasteiger partial charge in [-0.15, -0.1) is 22.7 Å². The second-order valence-electron chi connectivity index (χ2n) is 5.98. The number of nitrogens with one attached hydrogen (secondary N) is 1. The van der Waals surface area contributed by atoms with Gasteiger partial charge in [-0.2, -0.15) is 0 Å². The number of carbonyl (C=O) groups is 1. The first kappa shape index (κ1) is 18.7. The summed E-state index contributed by atoms with van der Waals surface area (Å²) in [7, 11) is 0. The van der Waals surface area contributed by atoms with E-state index >= 15 is 0 Å². The number of halogens is 1. The van der Waals surface area contributed by atoms with Gasteiger partial charge in [-0.3, -0.25) is 4.79 Å². The molecule has 8 heteroatoms. The van der Waals surface area contributed by atoms with Gasteiger partial charge in [0.2, 0.25) is 0 Å². The van der Waals surface area contributed by atoms with E-state index in [1.54, 1.807) is 29.8 Å². The Morgan fingerprint density at radius 1 is 1.11 bits per heavy atom. The predicted octanol–water partition coefficient (Wildman–Crippen LogP) is 5.14. The topological polar surface area (TPSA) is 67.8 Å². The molecule has 4 aromatic rings. The molecule has 0 unspecified atom stereocenters. The van der Waals surface area contributed by atoms with E-state index < -0.39 is 0 Å². The lowest BCUT2D eigenvalue weighted by molar-refractivity contribution is 0.0947. The summed E-state index contributed by atoms with van der Waals surface area (Å²) in [5.74, 6) is 0.340. The van der Waals surface area contributed by atoms with Gasteiger partial charge in [0, 0.05) is 22.3 Å². The third-order valence-electron chi connectivity index (χ3n) is 4.07. The highest BCUT2D eigenvalue weighted by Gasteiger charge is 2.23. The van der Waals surface area contributed by atoms with Crippen LogP contribution in [0.25, 0.3) is 10.8 Å². The van der Waals surface area contributed by atoms with Crippen LogP contribution in [0.3, 0.4) is 0 Å². The van der Waals surface area contributed by atoms with Gasteiger partial charge in [-0.25, -0.2) is 15.0 Å². The zero-order chi connectivity index (χ0) is 19.5. The number of hydrogen-bond donors (Lipinski definition) is 1. The van der Waals surface area contributed by atoms with Gasteiger partial charge in [-0.1, -0.05) is 29.8 Å². The number of carbonyl (C=O) groups excluding carboxylic acids is 1. The Hall–Kier alpha value is -2.61. The van der Waals surface area contributed by atoms with Crippen LogP contribution in [-0.4, -0.2) is 20.9 Å². The molecular formula is C20H15ClN4OS2. The van der Waals surface area contributed by atoms with Crippen molar-refractivity contribution in [2.45, 2.75) is 13.0 Å². The zero-order valence-electron chi connectivity index (χ0n) is 14.8. The molecule has 0 radical (unpaired) electrons. The number of amides is 1. The zero-order valence-corrected chi connectivity index (χ0v) is 17.2. The third-order valence-corrected chi connectivity index (χ3v) is 6.41. The summed E-state index contributed by atoms with van der Waals surface area (Å²) in [6, 6.07) is 13.0. The summed E-state index contributed by atoms with van der Waals surface area (Å²) in [6.07, 6.45) is 3.32. The Morgan fingerprint density at radius 2 is 1.86 bits per heavy atom. The average molecular weight is 427 g/mol. The highest BCUT2D eigenvalue weighted by molar-refractivity contribution is 7.17. The molecule has 28 heavy (non-hydrogen) atoms. The fourth-order valence-corrected chi connectivity index (χ4v) is 4.58. The summed E-state index contributed by atoms with van der Waals surface area (Å²) in [6.45, 7) is 1.82. The van der Waals surface area contributed by atoms with E-state index in [-0.39, 0.29) is 11.9 Å². The lowest BCUT2D eigenvalue weighted by Crippen LogP contribution is -2.28. The molecule has 0 aliphatic heterocycles. The molecule has 1 atom stereocenters. The minimum Gasteiger partial charge on any atom is -0.340 e. The van der Waals surface area contributed by atoms with Crippen molar-refractivity contribution in [2.24, 2.45) is 0 Å². The molecule has 0 bridgehead atoms. The van der Waals surface area contributed by atoms with Gasteiger partial charge < -0.3 is 5.32 Å². The van der Waals surface area contributed by atoms with Crippen LogP contribution in [0.1, 0.15) is 31.8 Å². The quantitative estimate of drug-likeness (QED) is 0.479. The molecule has 0 aliphatic carbocycles. The van der Waals surface area contributed by atoms with Crippen molar-refractivity contribution in [1.29, 1.82) is 0 Å². The lowest BCUT2D eigenvalue weighted by Gasteiger charge is -2.18. The molecule has 1 N–H and O–H groups in total. The van der Waals surface area contributed by atoms with Crippen molar-refractivity contribution < 1.29 is 4.79 Å². The number of benzene rings is 1. The highest BCUT2D eigenvalue weighted by Crippen LogP contribution is 2.30. The fraction of sp³-hybridized carbons (Fsp3) is 0.100. The van der Waals surface area contributed by atoms with Gasteiger partial charge in [0.15, 0.2) is 10.8 Å². The van der Waals surface area contributed by atoms with Crippen molar-refractivity contribution in [3.63, 3.8) is 0 Å². The van der Waals surface area contributed by atoms with Crippen LogP contribution in [0.5, 0.6) is 0 Å². The third kappa shape index (κ3) is 3.96. The lowest BCUT2D eigenvalue weighted by atomic mass is 10.1. The van der Waals surface area contributed by atoms with Crippen LogP contribution in [0, 0.1) is 6.92 Å². The Labute approximate surface area is 175 Å². The maximum absolute atomic E-state index is 13.1. The van der Waals surface area contributed by atoms with E-state index in [1.165, 1.54) is 11.3 Å². The fourth-order valence-electron chi connectivity index (χ4n) is 2.74. The number of thiophene rings is 1. The number of rotatable bonds is 5. The van der Waals surface area contributed by atoms with Gasteiger partial charge in [0.1, 0.15) is 4.88 Å². The molecule has 0 saturated heterocycles. The normalized spacial score (nSPS) is 11.9. The molecule has 0 spiro atoms. The molecule has 0 fully saturated rings. The molecule has 140 valence electrons. The van der Waals surface area contributed by atoms with Gasteiger partial charge in [0.05, 0.1) is 11.7 Å². The molecule has 0 aliphatic rings. The second kappa shape index (κ2) is 8.18. The van der Waals surface area contributed by atoms with E-state index in [0.717, 1.165) is 10.4 Å². The molecule has 1 aromatic carbocycles. The number of nitrogens with zero attached hydrogens (tertiary/aromatic N) is 3.